The summed E-state index contributed by atoms with van der Waals surface area (Å²) >= 11 is 0. The van der Waals surface area contributed by atoms with E-state index in [2.05, 4.69) is 25.3 Å². The third kappa shape index (κ3) is 2.97. The predicted molar refractivity (Wildman–Crippen MR) is 99.4 cm³/mol. The molecule has 2 aromatic carbocycles. The van der Waals surface area contributed by atoms with Crippen LogP contribution < -0.4 is 11.1 Å². The number of nitrogen functional groups attached to an aromatic ring is 1. The van der Waals surface area contributed by atoms with Crippen LogP contribution in [0.5, 0.6) is 0 Å². The van der Waals surface area contributed by atoms with Gasteiger partial charge in [-0.15, -0.1) is 0 Å². The number of fused-ring (bicyclic) bond motifs is 1. The van der Waals surface area contributed by atoms with Gasteiger partial charge in [-0.1, -0.05) is 18.2 Å². The number of anilines is 3. The van der Waals surface area contributed by atoms with Gasteiger partial charge in [0, 0.05) is 29.2 Å². The molecule has 2 aromatic heterocycles. The van der Waals surface area contributed by atoms with Crippen LogP contribution in [0.2, 0.25) is 0 Å². The lowest BCUT2D eigenvalue weighted by Gasteiger charge is -2.12. The lowest BCUT2D eigenvalue weighted by atomic mass is 10.1. The van der Waals surface area contributed by atoms with Crippen LogP contribution in [0.25, 0.3) is 22.4 Å². The van der Waals surface area contributed by atoms with Gasteiger partial charge in [0.25, 0.3) is 0 Å². The summed E-state index contributed by atoms with van der Waals surface area (Å²) in [5.41, 5.74) is 10.0. The zero-order valence-corrected chi connectivity index (χ0v) is 13.6. The Morgan fingerprint density at radius 2 is 1.88 bits per heavy atom. The molecule has 0 amide bonds. The molecule has 0 fully saturated rings. The lowest BCUT2D eigenvalue weighted by Crippen LogP contribution is -2.01. The number of para-hydroxylation sites is 1. The number of hydrogen-bond acceptors (Lipinski definition) is 6. The highest BCUT2D eigenvalue weighted by Crippen LogP contribution is 2.28. The first kappa shape index (κ1) is 15.0. The molecule has 4 rings (SSSR count). The predicted octanol–water partition coefficient (Wildman–Crippen LogP) is 3.72. The first-order valence-electron chi connectivity index (χ1n) is 7.87. The Hall–Kier alpha value is -3.54. The Labute approximate surface area is 144 Å². The normalized spacial score (nSPS) is 10.8. The number of aryl methyl sites for hydroxylation is 1. The highest BCUT2D eigenvalue weighted by molar-refractivity contribution is 5.94. The Balaban J connectivity index is 1.91. The minimum absolute atomic E-state index is 0.529. The van der Waals surface area contributed by atoms with Crippen LogP contribution >= 0.6 is 0 Å². The molecule has 0 aliphatic heterocycles. The van der Waals surface area contributed by atoms with Gasteiger partial charge in [0.2, 0.25) is 0 Å². The number of nitrogens with two attached hydrogens (primary N) is 1. The monoisotopic (exact) mass is 328 g/mol. The molecular weight excluding hydrogens is 312 g/mol. The summed E-state index contributed by atoms with van der Waals surface area (Å²) in [6.07, 6.45) is 4.91. The fourth-order valence-electron chi connectivity index (χ4n) is 2.67. The maximum atomic E-state index is 5.88. The van der Waals surface area contributed by atoms with Crippen molar-refractivity contribution in [1.29, 1.82) is 0 Å². The molecule has 122 valence electrons. The first-order valence-corrected chi connectivity index (χ1v) is 7.87. The maximum absolute atomic E-state index is 5.88. The van der Waals surface area contributed by atoms with Crippen LogP contribution in [0.4, 0.5) is 17.2 Å². The highest BCUT2D eigenvalue weighted by atomic mass is 15.0. The third-order valence-electron chi connectivity index (χ3n) is 3.87. The molecule has 0 aliphatic carbocycles. The van der Waals surface area contributed by atoms with E-state index in [0.29, 0.717) is 23.0 Å². The van der Waals surface area contributed by atoms with Gasteiger partial charge < -0.3 is 11.1 Å². The summed E-state index contributed by atoms with van der Waals surface area (Å²) in [7, 11) is 0. The molecule has 0 saturated heterocycles. The van der Waals surface area contributed by atoms with Crippen molar-refractivity contribution in [3.05, 3.63) is 66.6 Å². The molecule has 0 unspecified atom stereocenters. The second-order valence-electron chi connectivity index (χ2n) is 5.71. The van der Waals surface area contributed by atoms with Crippen LogP contribution in [-0.2, 0) is 0 Å². The molecule has 4 aromatic rings. The molecule has 2 heterocycles. The number of aromatic nitrogens is 4. The molecule has 6 heteroatoms. The van der Waals surface area contributed by atoms with Gasteiger partial charge >= 0.3 is 0 Å². The minimum Gasteiger partial charge on any atom is -0.399 e. The maximum Gasteiger partial charge on any atom is 0.182 e. The third-order valence-corrected chi connectivity index (χ3v) is 3.87. The number of benzene rings is 2. The molecule has 25 heavy (non-hydrogen) atoms. The Morgan fingerprint density at radius 1 is 1.00 bits per heavy atom. The SMILES string of the molecule is Cc1cccc2c(Nc3cccc(N)c3)nc(-c3cnccn3)nc12. The fourth-order valence-corrected chi connectivity index (χ4v) is 2.67. The molecule has 0 atom stereocenters. The fraction of sp³-hybridized carbons (Fsp3) is 0.0526. The number of nitrogens with zero attached hydrogens (tertiary/aromatic N) is 4. The van der Waals surface area contributed by atoms with Gasteiger partial charge in [0.15, 0.2) is 5.82 Å². The highest BCUT2D eigenvalue weighted by Gasteiger charge is 2.12. The molecule has 0 radical (unpaired) electrons. The van der Waals surface area contributed by atoms with E-state index in [1.165, 1.54) is 0 Å². The van der Waals surface area contributed by atoms with Crippen molar-refractivity contribution in [2.45, 2.75) is 6.92 Å². The van der Waals surface area contributed by atoms with Crippen molar-refractivity contribution in [1.82, 2.24) is 19.9 Å². The van der Waals surface area contributed by atoms with E-state index < -0.39 is 0 Å². The molecule has 0 saturated carbocycles. The second-order valence-corrected chi connectivity index (χ2v) is 5.71. The van der Waals surface area contributed by atoms with Gasteiger partial charge in [-0.3, -0.25) is 4.98 Å². The molecule has 3 N–H and O–H groups in total. The van der Waals surface area contributed by atoms with E-state index in [9.17, 15) is 0 Å². The smallest absolute Gasteiger partial charge is 0.182 e. The van der Waals surface area contributed by atoms with E-state index in [1.807, 2.05) is 49.4 Å². The molecule has 0 bridgehead atoms. The Kier molecular flexibility index (Phi) is 3.70. The standard InChI is InChI=1S/C19H16N6/c1-12-4-2-7-15-17(12)24-19(16-11-21-8-9-22-16)25-18(15)23-14-6-3-5-13(20)10-14/h2-11H,20H2,1H3,(H,23,24,25). The number of nitrogens with one attached hydrogen (secondary N) is 1. The average Bonchev–Trinajstić information content (AvgIpc) is 2.63. The van der Waals surface area contributed by atoms with Crippen molar-refractivity contribution < 1.29 is 0 Å². The topological polar surface area (TPSA) is 89.6 Å². The van der Waals surface area contributed by atoms with Crippen LogP contribution in [0.15, 0.2) is 61.1 Å². The van der Waals surface area contributed by atoms with Crippen molar-refractivity contribution in [2.75, 3.05) is 11.1 Å². The summed E-state index contributed by atoms with van der Waals surface area (Å²) in [6, 6.07) is 13.6. The molecule has 0 aliphatic rings. The van der Waals surface area contributed by atoms with Crippen LogP contribution in [0, 0.1) is 6.92 Å². The van der Waals surface area contributed by atoms with E-state index in [-0.39, 0.29) is 0 Å². The lowest BCUT2D eigenvalue weighted by molar-refractivity contribution is 1.13. The van der Waals surface area contributed by atoms with E-state index in [1.54, 1.807) is 18.6 Å². The Bertz CT molecular complexity index is 1050. The van der Waals surface area contributed by atoms with Crippen molar-refractivity contribution in [2.24, 2.45) is 0 Å². The van der Waals surface area contributed by atoms with Gasteiger partial charge in [-0.25, -0.2) is 15.0 Å². The average molecular weight is 328 g/mol. The second kappa shape index (κ2) is 6.16. The quantitative estimate of drug-likeness (QED) is 0.557. The molecular formula is C19H16N6. The van der Waals surface area contributed by atoms with Crippen LogP contribution in [0.1, 0.15) is 5.56 Å². The first-order chi connectivity index (χ1) is 12.2. The number of hydrogen-bond donors (Lipinski definition) is 2. The Morgan fingerprint density at radius 3 is 2.68 bits per heavy atom. The molecule has 0 spiro atoms. The zero-order chi connectivity index (χ0) is 17.2. The van der Waals surface area contributed by atoms with E-state index >= 15 is 0 Å². The van der Waals surface area contributed by atoms with Gasteiger partial charge in [-0.2, -0.15) is 0 Å². The van der Waals surface area contributed by atoms with Crippen molar-refractivity contribution in [3.63, 3.8) is 0 Å². The van der Waals surface area contributed by atoms with Gasteiger partial charge in [-0.05, 0) is 36.8 Å². The van der Waals surface area contributed by atoms with E-state index in [0.717, 1.165) is 22.2 Å². The van der Waals surface area contributed by atoms with Crippen LogP contribution in [0.3, 0.4) is 0 Å². The van der Waals surface area contributed by atoms with Crippen molar-refractivity contribution in [3.8, 4) is 11.5 Å². The van der Waals surface area contributed by atoms with Gasteiger partial charge in [0.1, 0.15) is 11.5 Å². The summed E-state index contributed by atoms with van der Waals surface area (Å²) in [6.45, 7) is 2.03. The molecule has 6 nitrogen and oxygen atoms in total. The summed E-state index contributed by atoms with van der Waals surface area (Å²) < 4.78 is 0. The summed E-state index contributed by atoms with van der Waals surface area (Å²) in [5, 5.41) is 4.29. The summed E-state index contributed by atoms with van der Waals surface area (Å²) in [4.78, 5) is 17.8. The number of rotatable bonds is 3. The van der Waals surface area contributed by atoms with Crippen molar-refractivity contribution >= 4 is 28.1 Å². The van der Waals surface area contributed by atoms with E-state index in [4.69, 9.17) is 5.73 Å². The minimum atomic E-state index is 0.529. The summed E-state index contributed by atoms with van der Waals surface area (Å²) in [5.74, 6) is 1.24. The largest absolute Gasteiger partial charge is 0.399 e. The van der Waals surface area contributed by atoms with Gasteiger partial charge in [0.05, 0.1) is 11.7 Å². The van der Waals surface area contributed by atoms with Crippen LogP contribution in [-0.4, -0.2) is 19.9 Å². The zero-order valence-electron chi connectivity index (χ0n) is 13.6.